The van der Waals surface area contributed by atoms with E-state index in [-0.39, 0.29) is 5.75 Å². The minimum Gasteiger partial charge on any atom is -0.314 e. The average molecular weight is 234 g/mol. The van der Waals surface area contributed by atoms with Crippen molar-refractivity contribution in [2.45, 2.75) is 45.1 Å². The maximum Gasteiger partial charge on any atom is 0.209 e. The SMILES string of the molecule is CC1CCCCC1NCCCS(N)(=O)=O. The predicted octanol–water partition coefficient (Wildman–Crippen LogP) is 0.833. The van der Waals surface area contributed by atoms with E-state index in [1.807, 2.05) is 0 Å². The quantitative estimate of drug-likeness (QED) is 0.692. The molecule has 1 saturated carbocycles. The first kappa shape index (κ1) is 12.9. The normalized spacial score (nSPS) is 27.9. The fourth-order valence-electron chi connectivity index (χ4n) is 2.18. The molecule has 0 radical (unpaired) electrons. The summed E-state index contributed by atoms with van der Waals surface area (Å²) >= 11 is 0. The van der Waals surface area contributed by atoms with Crippen LogP contribution in [0.25, 0.3) is 0 Å². The lowest BCUT2D eigenvalue weighted by Crippen LogP contribution is -2.38. The van der Waals surface area contributed by atoms with Gasteiger partial charge in [-0.1, -0.05) is 19.8 Å². The number of rotatable bonds is 5. The molecule has 1 aliphatic rings. The van der Waals surface area contributed by atoms with Gasteiger partial charge in [0.05, 0.1) is 5.75 Å². The molecule has 1 rings (SSSR count). The number of nitrogens with two attached hydrogens (primary N) is 1. The molecule has 1 aliphatic carbocycles. The summed E-state index contributed by atoms with van der Waals surface area (Å²) in [5.74, 6) is 0.800. The Kier molecular flexibility index (Phi) is 5.02. The van der Waals surface area contributed by atoms with Crippen LogP contribution in [-0.4, -0.2) is 26.8 Å². The van der Waals surface area contributed by atoms with Gasteiger partial charge in [-0.3, -0.25) is 0 Å². The molecule has 1 fully saturated rings. The van der Waals surface area contributed by atoms with Gasteiger partial charge in [0.2, 0.25) is 10.0 Å². The third-order valence-electron chi connectivity index (χ3n) is 3.12. The zero-order valence-corrected chi connectivity index (χ0v) is 10.2. The van der Waals surface area contributed by atoms with Crippen molar-refractivity contribution in [2.75, 3.05) is 12.3 Å². The van der Waals surface area contributed by atoms with E-state index in [0.717, 1.165) is 6.54 Å². The number of nitrogens with one attached hydrogen (secondary N) is 1. The highest BCUT2D eigenvalue weighted by Gasteiger charge is 2.20. The van der Waals surface area contributed by atoms with Crippen LogP contribution in [0, 0.1) is 5.92 Å². The smallest absolute Gasteiger partial charge is 0.209 e. The Balaban J connectivity index is 2.14. The van der Waals surface area contributed by atoms with Crippen molar-refractivity contribution >= 4 is 10.0 Å². The van der Waals surface area contributed by atoms with Crippen LogP contribution in [0.5, 0.6) is 0 Å². The fraction of sp³-hybridized carbons (Fsp3) is 1.00. The lowest BCUT2D eigenvalue weighted by molar-refractivity contribution is 0.281. The largest absolute Gasteiger partial charge is 0.314 e. The van der Waals surface area contributed by atoms with E-state index in [9.17, 15) is 8.42 Å². The highest BCUT2D eigenvalue weighted by atomic mass is 32.2. The van der Waals surface area contributed by atoms with Gasteiger partial charge in [0, 0.05) is 6.04 Å². The van der Waals surface area contributed by atoms with Crippen LogP contribution in [0.3, 0.4) is 0 Å². The zero-order valence-electron chi connectivity index (χ0n) is 9.41. The standard InChI is InChI=1S/C10H22N2O2S/c1-9-5-2-3-6-10(9)12-7-4-8-15(11,13)14/h9-10,12H,2-8H2,1H3,(H2,11,13,14). The minimum atomic E-state index is -3.28. The summed E-state index contributed by atoms with van der Waals surface area (Å²) < 4.78 is 21.4. The summed E-state index contributed by atoms with van der Waals surface area (Å²) in [4.78, 5) is 0. The van der Waals surface area contributed by atoms with Crippen molar-refractivity contribution in [3.05, 3.63) is 0 Å². The van der Waals surface area contributed by atoms with E-state index in [1.54, 1.807) is 0 Å². The second-order valence-electron chi connectivity index (χ2n) is 4.54. The van der Waals surface area contributed by atoms with Crippen molar-refractivity contribution in [2.24, 2.45) is 11.1 Å². The Morgan fingerprint density at radius 1 is 1.33 bits per heavy atom. The molecule has 3 N–H and O–H groups in total. The molecule has 0 aromatic carbocycles. The van der Waals surface area contributed by atoms with Crippen LogP contribution in [0.1, 0.15) is 39.0 Å². The van der Waals surface area contributed by atoms with E-state index in [2.05, 4.69) is 12.2 Å². The second-order valence-corrected chi connectivity index (χ2v) is 6.28. The fourth-order valence-corrected chi connectivity index (χ4v) is 2.73. The van der Waals surface area contributed by atoms with Gasteiger partial charge in [-0.05, 0) is 31.7 Å². The van der Waals surface area contributed by atoms with E-state index in [1.165, 1.54) is 25.7 Å². The number of hydrogen-bond donors (Lipinski definition) is 2. The van der Waals surface area contributed by atoms with Crippen LogP contribution in [0.4, 0.5) is 0 Å². The van der Waals surface area contributed by atoms with Crippen molar-refractivity contribution in [3.63, 3.8) is 0 Å². The molecule has 0 aromatic heterocycles. The molecule has 0 spiro atoms. The molecule has 0 saturated heterocycles. The van der Waals surface area contributed by atoms with Crippen LogP contribution >= 0.6 is 0 Å². The topological polar surface area (TPSA) is 72.2 Å². The Labute approximate surface area is 92.7 Å². The van der Waals surface area contributed by atoms with Crippen molar-refractivity contribution in [3.8, 4) is 0 Å². The molecular formula is C10H22N2O2S. The lowest BCUT2D eigenvalue weighted by Gasteiger charge is -2.29. The van der Waals surface area contributed by atoms with Crippen LogP contribution in [-0.2, 0) is 10.0 Å². The Bertz CT molecular complexity index is 277. The molecule has 0 aromatic rings. The average Bonchev–Trinajstić information content (AvgIpc) is 2.13. The van der Waals surface area contributed by atoms with Gasteiger partial charge in [0.25, 0.3) is 0 Å². The van der Waals surface area contributed by atoms with Gasteiger partial charge >= 0.3 is 0 Å². The minimum absolute atomic E-state index is 0.0844. The first-order valence-corrected chi connectivity index (χ1v) is 7.44. The predicted molar refractivity (Wildman–Crippen MR) is 62.0 cm³/mol. The van der Waals surface area contributed by atoms with Crippen molar-refractivity contribution < 1.29 is 8.42 Å². The zero-order chi connectivity index (χ0) is 11.3. The Hall–Kier alpha value is -0.130. The summed E-state index contributed by atoms with van der Waals surface area (Å²) in [6.07, 6.45) is 5.74. The van der Waals surface area contributed by atoms with Gasteiger partial charge in [-0.25, -0.2) is 13.6 Å². The number of sulfonamides is 1. The van der Waals surface area contributed by atoms with E-state index < -0.39 is 10.0 Å². The van der Waals surface area contributed by atoms with Crippen molar-refractivity contribution in [1.82, 2.24) is 5.32 Å². The van der Waals surface area contributed by atoms with Crippen LogP contribution in [0.15, 0.2) is 0 Å². The molecule has 0 bridgehead atoms. The molecule has 2 unspecified atom stereocenters. The highest BCUT2D eigenvalue weighted by Crippen LogP contribution is 2.23. The van der Waals surface area contributed by atoms with Gasteiger partial charge in [-0.2, -0.15) is 0 Å². The molecular weight excluding hydrogens is 212 g/mol. The third kappa shape index (κ3) is 5.49. The molecule has 2 atom stereocenters. The summed E-state index contributed by atoms with van der Waals surface area (Å²) in [7, 11) is -3.28. The molecule has 90 valence electrons. The first-order chi connectivity index (χ1) is 6.99. The van der Waals surface area contributed by atoms with Gasteiger partial charge in [0.15, 0.2) is 0 Å². The van der Waals surface area contributed by atoms with E-state index >= 15 is 0 Å². The second kappa shape index (κ2) is 5.82. The molecule has 0 heterocycles. The third-order valence-corrected chi connectivity index (χ3v) is 3.98. The molecule has 0 amide bonds. The molecule has 4 nitrogen and oxygen atoms in total. The maximum atomic E-state index is 10.7. The molecule has 0 aliphatic heterocycles. The summed E-state index contributed by atoms with van der Waals surface area (Å²) in [5.41, 5.74) is 0. The Morgan fingerprint density at radius 3 is 2.60 bits per heavy atom. The molecule has 15 heavy (non-hydrogen) atoms. The van der Waals surface area contributed by atoms with Crippen molar-refractivity contribution in [1.29, 1.82) is 0 Å². The van der Waals surface area contributed by atoms with Crippen LogP contribution in [0.2, 0.25) is 0 Å². The number of hydrogen-bond acceptors (Lipinski definition) is 3. The summed E-state index contributed by atoms with van der Waals surface area (Å²) in [6, 6.07) is 0.569. The lowest BCUT2D eigenvalue weighted by atomic mass is 9.86. The van der Waals surface area contributed by atoms with E-state index in [4.69, 9.17) is 5.14 Å². The van der Waals surface area contributed by atoms with Gasteiger partial charge in [-0.15, -0.1) is 0 Å². The van der Waals surface area contributed by atoms with Crippen LogP contribution < -0.4 is 10.5 Å². The summed E-state index contributed by atoms with van der Waals surface area (Å²) in [5, 5.41) is 8.35. The Morgan fingerprint density at radius 2 is 2.00 bits per heavy atom. The van der Waals surface area contributed by atoms with Gasteiger partial charge < -0.3 is 5.32 Å². The first-order valence-electron chi connectivity index (χ1n) is 5.73. The maximum absolute atomic E-state index is 10.7. The summed E-state index contributed by atoms with van der Waals surface area (Å²) in [6.45, 7) is 3.02. The van der Waals surface area contributed by atoms with E-state index in [0.29, 0.717) is 18.4 Å². The number of primary sulfonamides is 1. The monoisotopic (exact) mass is 234 g/mol. The molecule has 5 heteroatoms. The highest BCUT2D eigenvalue weighted by molar-refractivity contribution is 7.89. The van der Waals surface area contributed by atoms with Gasteiger partial charge in [0.1, 0.15) is 0 Å².